The maximum Gasteiger partial charge on any atom is 0.218 e. The molecule has 4 nitrogen and oxygen atoms in total. The highest BCUT2D eigenvalue weighted by atomic mass is 32.2. The van der Waals surface area contributed by atoms with Gasteiger partial charge < -0.3 is 5.73 Å². The molecule has 0 aliphatic carbocycles. The third-order valence-corrected chi connectivity index (χ3v) is 2.90. The van der Waals surface area contributed by atoms with Gasteiger partial charge in [-0.2, -0.15) is 0 Å². The molecule has 60 valence electrons. The molecule has 0 saturated carbocycles. The van der Waals surface area contributed by atoms with Crippen LogP contribution in [-0.4, -0.2) is 18.7 Å². The highest BCUT2D eigenvalue weighted by molar-refractivity contribution is 7.92. The van der Waals surface area contributed by atoms with Gasteiger partial charge in [0.15, 0.2) is 0 Å². The Morgan fingerprint density at radius 2 is 2.10 bits per heavy atom. The highest BCUT2D eigenvalue weighted by Gasteiger charge is 2.21. The lowest BCUT2D eigenvalue weighted by molar-refractivity contribution is 0.591. The van der Waals surface area contributed by atoms with Gasteiger partial charge in [0.25, 0.3) is 0 Å². The summed E-state index contributed by atoms with van der Waals surface area (Å²) in [6.07, 6.45) is 0.328. The lowest BCUT2D eigenvalue weighted by Gasteiger charge is -2.08. The zero-order valence-electron chi connectivity index (χ0n) is 5.57. The van der Waals surface area contributed by atoms with Crippen molar-refractivity contribution in [2.24, 2.45) is 10.9 Å². The van der Waals surface area contributed by atoms with Crippen molar-refractivity contribution in [3.63, 3.8) is 0 Å². The predicted molar refractivity (Wildman–Crippen MR) is 44.0 cm³/mol. The van der Waals surface area contributed by atoms with E-state index >= 15 is 0 Å². The maximum atomic E-state index is 10.6. The Kier molecular flexibility index (Phi) is 3.20. The van der Waals surface area contributed by atoms with Gasteiger partial charge in [0, 0.05) is 0 Å². The molecule has 0 aliphatic heterocycles. The maximum absolute atomic E-state index is 10.6. The van der Waals surface area contributed by atoms with Crippen molar-refractivity contribution >= 4 is 27.2 Å². The van der Waals surface area contributed by atoms with E-state index in [1.54, 1.807) is 6.92 Å². The fraction of sp³-hybridized carbons (Fsp3) is 0.750. The SMILES string of the molecule is CCC(C(N)=S)S(N)(=O)=O. The smallest absolute Gasteiger partial charge is 0.218 e. The van der Waals surface area contributed by atoms with Crippen LogP contribution in [0.5, 0.6) is 0 Å². The Labute approximate surface area is 65.6 Å². The minimum Gasteiger partial charge on any atom is -0.392 e. The van der Waals surface area contributed by atoms with Crippen molar-refractivity contribution in [3.05, 3.63) is 0 Å². The number of hydrogen-bond donors (Lipinski definition) is 2. The second-order valence-corrected chi connectivity index (χ2v) is 4.11. The molecular weight excluding hydrogens is 172 g/mol. The monoisotopic (exact) mass is 182 g/mol. The molecule has 0 rings (SSSR count). The molecule has 4 N–H and O–H groups in total. The minimum absolute atomic E-state index is 0.0648. The molecular formula is C4H10N2O2S2. The molecule has 1 unspecified atom stereocenters. The van der Waals surface area contributed by atoms with Crippen LogP contribution < -0.4 is 10.9 Å². The van der Waals surface area contributed by atoms with E-state index in [4.69, 9.17) is 10.9 Å². The van der Waals surface area contributed by atoms with Crippen LogP contribution in [0.25, 0.3) is 0 Å². The average Bonchev–Trinajstić information content (AvgIpc) is 1.60. The van der Waals surface area contributed by atoms with Gasteiger partial charge in [0.1, 0.15) is 5.25 Å². The second kappa shape index (κ2) is 3.27. The summed E-state index contributed by atoms with van der Waals surface area (Å²) in [6, 6.07) is 0. The van der Waals surface area contributed by atoms with E-state index in [9.17, 15) is 8.42 Å². The first kappa shape index (κ1) is 9.80. The molecule has 0 spiro atoms. The van der Waals surface area contributed by atoms with E-state index < -0.39 is 15.3 Å². The van der Waals surface area contributed by atoms with Crippen molar-refractivity contribution in [2.45, 2.75) is 18.6 Å². The number of primary sulfonamides is 1. The van der Waals surface area contributed by atoms with Crippen LogP contribution in [0.15, 0.2) is 0 Å². The third-order valence-electron chi connectivity index (χ3n) is 1.08. The molecule has 10 heavy (non-hydrogen) atoms. The Morgan fingerprint density at radius 3 is 2.10 bits per heavy atom. The molecule has 0 radical (unpaired) electrons. The normalized spacial score (nSPS) is 14.6. The summed E-state index contributed by atoms with van der Waals surface area (Å²) in [4.78, 5) is -0.0648. The predicted octanol–water partition coefficient (Wildman–Crippen LogP) is -0.660. The van der Waals surface area contributed by atoms with E-state index in [2.05, 4.69) is 12.2 Å². The molecule has 0 fully saturated rings. The van der Waals surface area contributed by atoms with Crippen LogP contribution in [0.2, 0.25) is 0 Å². The molecule has 0 saturated heterocycles. The van der Waals surface area contributed by atoms with Gasteiger partial charge in [-0.1, -0.05) is 19.1 Å². The van der Waals surface area contributed by atoms with Gasteiger partial charge in [0.2, 0.25) is 10.0 Å². The first-order valence-electron chi connectivity index (χ1n) is 2.70. The van der Waals surface area contributed by atoms with E-state index in [0.717, 1.165) is 0 Å². The van der Waals surface area contributed by atoms with Crippen LogP contribution in [0.4, 0.5) is 0 Å². The van der Waals surface area contributed by atoms with Gasteiger partial charge in [0.05, 0.1) is 4.99 Å². The molecule has 6 heteroatoms. The van der Waals surface area contributed by atoms with Gasteiger partial charge in [-0.05, 0) is 6.42 Å². The fourth-order valence-electron chi connectivity index (χ4n) is 0.595. The minimum atomic E-state index is -3.58. The Morgan fingerprint density at radius 1 is 1.70 bits per heavy atom. The van der Waals surface area contributed by atoms with Crippen LogP contribution in [0.1, 0.15) is 13.3 Å². The lowest BCUT2D eigenvalue weighted by atomic mass is 10.3. The van der Waals surface area contributed by atoms with Crippen molar-refractivity contribution in [1.82, 2.24) is 0 Å². The summed E-state index contributed by atoms with van der Waals surface area (Å²) < 4.78 is 21.2. The van der Waals surface area contributed by atoms with Crippen LogP contribution >= 0.6 is 12.2 Å². The molecule has 0 amide bonds. The van der Waals surface area contributed by atoms with E-state index in [1.807, 2.05) is 0 Å². The first-order valence-corrected chi connectivity index (χ1v) is 4.72. The Bertz CT molecular complexity index is 221. The molecule has 0 aromatic rings. The van der Waals surface area contributed by atoms with Crippen molar-refractivity contribution in [1.29, 1.82) is 0 Å². The van der Waals surface area contributed by atoms with Gasteiger partial charge in [-0.3, -0.25) is 0 Å². The quantitative estimate of drug-likeness (QED) is 0.567. The second-order valence-electron chi connectivity index (χ2n) is 1.89. The summed E-state index contributed by atoms with van der Waals surface area (Å²) in [5, 5.41) is 3.92. The zero-order chi connectivity index (χ0) is 8.36. The third kappa shape index (κ3) is 2.59. The Hall–Kier alpha value is -0.200. The number of sulfonamides is 1. The molecule has 0 aromatic heterocycles. The fourth-order valence-corrected chi connectivity index (χ4v) is 1.95. The summed E-state index contributed by atoms with van der Waals surface area (Å²) in [5.41, 5.74) is 5.11. The number of hydrogen-bond acceptors (Lipinski definition) is 3. The largest absolute Gasteiger partial charge is 0.392 e. The number of nitrogens with two attached hydrogens (primary N) is 2. The standard InChI is InChI=1S/C4H10N2O2S2/c1-2-3(4(5)9)10(6,7)8/h3H,2H2,1H3,(H2,5,9)(H2,6,7,8). The number of rotatable bonds is 3. The van der Waals surface area contributed by atoms with E-state index in [-0.39, 0.29) is 4.99 Å². The average molecular weight is 182 g/mol. The summed E-state index contributed by atoms with van der Waals surface area (Å²) in [6.45, 7) is 1.66. The lowest BCUT2D eigenvalue weighted by Crippen LogP contribution is -2.38. The number of thiocarbonyl (C=S) groups is 1. The van der Waals surface area contributed by atoms with Crippen LogP contribution in [0.3, 0.4) is 0 Å². The van der Waals surface area contributed by atoms with Crippen molar-refractivity contribution < 1.29 is 8.42 Å². The topological polar surface area (TPSA) is 86.2 Å². The first-order chi connectivity index (χ1) is 4.39. The molecule has 0 bridgehead atoms. The molecule has 0 aliphatic rings. The van der Waals surface area contributed by atoms with E-state index in [0.29, 0.717) is 6.42 Å². The van der Waals surface area contributed by atoms with Crippen LogP contribution in [-0.2, 0) is 10.0 Å². The van der Waals surface area contributed by atoms with E-state index in [1.165, 1.54) is 0 Å². The molecule has 0 heterocycles. The zero-order valence-corrected chi connectivity index (χ0v) is 7.21. The van der Waals surface area contributed by atoms with Gasteiger partial charge >= 0.3 is 0 Å². The Balaban J connectivity index is 4.55. The van der Waals surface area contributed by atoms with Crippen molar-refractivity contribution in [3.8, 4) is 0 Å². The van der Waals surface area contributed by atoms with Gasteiger partial charge in [-0.25, -0.2) is 13.6 Å². The molecule has 1 atom stereocenters. The van der Waals surface area contributed by atoms with Gasteiger partial charge in [-0.15, -0.1) is 0 Å². The van der Waals surface area contributed by atoms with Crippen molar-refractivity contribution in [2.75, 3.05) is 0 Å². The highest BCUT2D eigenvalue weighted by Crippen LogP contribution is 2.00. The summed E-state index contributed by atoms with van der Waals surface area (Å²) in [5.74, 6) is 0. The molecule has 0 aromatic carbocycles. The summed E-state index contributed by atoms with van der Waals surface area (Å²) >= 11 is 4.48. The summed E-state index contributed by atoms with van der Waals surface area (Å²) in [7, 11) is -3.58. The van der Waals surface area contributed by atoms with Crippen LogP contribution in [0, 0.1) is 0 Å².